The minimum atomic E-state index is 0.550. The number of pyridine rings is 1. The van der Waals surface area contributed by atoms with Gasteiger partial charge in [0.25, 0.3) is 0 Å². The predicted molar refractivity (Wildman–Crippen MR) is 62.1 cm³/mol. The van der Waals surface area contributed by atoms with Crippen molar-refractivity contribution in [3.63, 3.8) is 0 Å². The molecule has 2 aromatic heterocycles. The summed E-state index contributed by atoms with van der Waals surface area (Å²) >= 11 is 0. The first-order valence-electron chi connectivity index (χ1n) is 5.92. The van der Waals surface area contributed by atoms with E-state index in [4.69, 9.17) is 5.73 Å². The van der Waals surface area contributed by atoms with Gasteiger partial charge in [-0.2, -0.15) is 5.10 Å². The SMILES string of the molecule is NCc1ccc2nc(C3CCCC3)nn2c1. The molecular formula is C12H16N4. The Hall–Kier alpha value is -1.42. The molecule has 1 aliphatic rings. The average molecular weight is 216 g/mol. The molecule has 2 N–H and O–H groups in total. The van der Waals surface area contributed by atoms with Crippen molar-refractivity contribution in [2.45, 2.75) is 38.1 Å². The van der Waals surface area contributed by atoms with E-state index in [9.17, 15) is 0 Å². The van der Waals surface area contributed by atoms with E-state index in [1.807, 2.05) is 22.8 Å². The van der Waals surface area contributed by atoms with Gasteiger partial charge in [-0.05, 0) is 24.5 Å². The van der Waals surface area contributed by atoms with Crippen molar-refractivity contribution < 1.29 is 0 Å². The summed E-state index contributed by atoms with van der Waals surface area (Å²) in [7, 11) is 0. The molecule has 0 amide bonds. The van der Waals surface area contributed by atoms with Crippen LogP contribution in [0.3, 0.4) is 0 Å². The monoisotopic (exact) mass is 216 g/mol. The van der Waals surface area contributed by atoms with Crippen LogP contribution in [0.4, 0.5) is 0 Å². The van der Waals surface area contributed by atoms with Gasteiger partial charge in [-0.1, -0.05) is 18.9 Å². The zero-order chi connectivity index (χ0) is 11.0. The molecule has 4 heteroatoms. The van der Waals surface area contributed by atoms with Gasteiger partial charge in [0.05, 0.1) is 0 Å². The molecule has 2 heterocycles. The van der Waals surface area contributed by atoms with E-state index in [-0.39, 0.29) is 0 Å². The minimum absolute atomic E-state index is 0.550. The molecule has 1 fully saturated rings. The van der Waals surface area contributed by atoms with Gasteiger partial charge in [-0.15, -0.1) is 0 Å². The maximum Gasteiger partial charge on any atom is 0.155 e. The highest BCUT2D eigenvalue weighted by Crippen LogP contribution is 2.32. The highest BCUT2D eigenvalue weighted by molar-refractivity contribution is 5.39. The van der Waals surface area contributed by atoms with E-state index in [1.165, 1.54) is 25.7 Å². The molecule has 0 saturated heterocycles. The second kappa shape index (κ2) is 3.87. The number of hydrogen-bond donors (Lipinski definition) is 1. The first-order chi connectivity index (χ1) is 7.86. The Morgan fingerprint density at radius 1 is 1.31 bits per heavy atom. The smallest absolute Gasteiger partial charge is 0.155 e. The topological polar surface area (TPSA) is 56.2 Å². The summed E-state index contributed by atoms with van der Waals surface area (Å²) in [5.74, 6) is 1.58. The Morgan fingerprint density at radius 3 is 2.88 bits per heavy atom. The Balaban J connectivity index is 2.01. The zero-order valence-electron chi connectivity index (χ0n) is 9.26. The fourth-order valence-electron chi connectivity index (χ4n) is 2.42. The van der Waals surface area contributed by atoms with Crippen LogP contribution in [0.1, 0.15) is 43.0 Å². The van der Waals surface area contributed by atoms with Crippen LogP contribution in [0.25, 0.3) is 5.65 Å². The molecule has 3 rings (SSSR count). The van der Waals surface area contributed by atoms with E-state index >= 15 is 0 Å². The second-order valence-corrected chi connectivity index (χ2v) is 4.50. The molecule has 0 aromatic carbocycles. The molecule has 0 radical (unpaired) electrons. The summed E-state index contributed by atoms with van der Waals surface area (Å²) in [6, 6.07) is 4.01. The van der Waals surface area contributed by atoms with Crippen LogP contribution in [0, 0.1) is 0 Å². The molecule has 16 heavy (non-hydrogen) atoms. The quantitative estimate of drug-likeness (QED) is 0.833. The number of aromatic nitrogens is 3. The lowest BCUT2D eigenvalue weighted by molar-refractivity contribution is 0.665. The number of rotatable bonds is 2. The van der Waals surface area contributed by atoms with Crippen LogP contribution in [-0.2, 0) is 6.54 Å². The number of hydrogen-bond acceptors (Lipinski definition) is 3. The maximum atomic E-state index is 5.61. The van der Waals surface area contributed by atoms with Crippen LogP contribution in [-0.4, -0.2) is 14.6 Å². The Morgan fingerprint density at radius 2 is 2.12 bits per heavy atom. The highest BCUT2D eigenvalue weighted by Gasteiger charge is 2.21. The molecule has 0 aliphatic heterocycles. The van der Waals surface area contributed by atoms with Crippen molar-refractivity contribution >= 4 is 5.65 Å². The summed E-state index contributed by atoms with van der Waals surface area (Å²) in [6.45, 7) is 0.550. The van der Waals surface area contributed by atoms with E-state index in [0.717, 1.165) is 17.0 Å². The summed E-state index contributed by atoms with van der Waals surface area (Å²) in [5, 5.41) is 4.55. The van der Waals surface area contributed by atoms with E-state index in [2.05, 4.69) is 10.1 Å². The van der Waals surface area contributed by atoms with Gasteiger partial charge in [0.2, 0.25) is 0 Å². The van der Waals surface area contributed by atoms with Gasteiger partial charge in [0.1, 0.15) is 0 Å². The van der Waals surface area contributed by atoms with Crippen LogP contribution >= 0.6 is 0 Å². The second-order valence-electron chi connectivity index (χ2n) is 4.50. The van der Waals surface area contributed by atoms with E-state index < -0.39 is 0 Å². The van der Waals surface area contributed by atoms with Crippen molar-refractivity contribution in [2.24, 2.45) is 5.73 Å². The fourth-order valence-corrected chi connectivity index (χ4v) is 2.42. The summed E-state index contributed by atoms with van der Waals surface area (Å²) < 4.78 is 1.86. The fraction of sp³-hybridized carbons (Fsp3) is 0.500. The van der Waals surface area contributed by atoms with Crippen molar-refractivity contribution in [3.05, 3.63) is 29.7 Å². The molecule has 4 nitrogen and oxygen atoms in total. The maximum absolute atomic E-state index is 5.61. The lowest BCUT2D eigenvalue weighted by Crippen LogP contribution is -1.99. The molecule has 84 valence electrons. The van der Waals surface area contributed by atoms with Crippen molar-refractivity contribution in [2.75, 3.05) is 0 Å². The van der Waals surface area contributed by atoms with Crippen LogP contribution in [0.5, 0.6) is 0 Å². The van der Waals surface area contributed by atoms with Crippen molar-refractivity contribution in [3.8, 4) is 0 Å². The third-order valence-corrected chi connectivity index (χ3v) is 3.36. The van der Waals surface area contributed by atoms with Gasteiger partial charge in [0, 0.05) is 18.7 Å². The third kappa shape index (κ3) is 1.59. The van der Waals surface area contributed by atoms with Crippen molar-refractivity contribution in [1.29, 1.82) is 0 Å². The van der Waals surface area contributed by atoms with Gasteiger partial charge in [-0.25, -0.2) is 9.50 Å². The number of nitrogens with two attached hydrogens (primary N) is 1. The van der Waals surface area contributed by atoms with Gasteiger partial charge >= 0.3 is 0 Å². The first kappa shape index (κ1) is 9.78. The van der Waals surface area contributed by atoms with Crippen LogP contribution < -0.4 is 5.73 Å². The van der Waals surface area contributed by atoms with Crippen molar-refractivity contribution in [1.82, 2.24) is 14.6 Å². The molecular weight excluding hydrogens is 200 g/mol. The molecule has 0 bridgehead atoms. The Labute approximate surface area is 94.5 Å². The average Bonchev–Trinajstić information content (AvgIpc) is 2.96. The largest absolute Gasteiger partial charge is 0.326 e. The molecule has 0 atom stereocenters. The van der Waals surface area contributed by atoms with Gasteiger partial charge in [-0.3, -0.25) is 0 Å². The zero-order valence-corrected chi connectivity index (χ0v) is 9.26. The molecule has 2 aromatic rings. The first-order valence-corrected chi connectivity index (χ1v) is 5.92. The van der Waals surface area contributed by atoms with Gasteiger partial charge in [0.15, 0.2) is 11.5 Å². The lowest BCUT2D eigenvalue weighted by atomic mass is 10.1. The minimum Gasteiger partial charge on any atom is -0.326 e. The molecule has 0 unspecified atom stereocenters. The highest BCUT2D eigenvalue weighted by atomic mass is 15.3. The standard InChI is InChI=1S/C12H16N4/c13-7-9-5-6-11-14-12(15-16(11)8-9)10-3-1-2-4-10/h5-6,8,10H,1-4,7,13H2. The molecule has 0 spiro atoms. The van der Waals surface area contributed by atoms with Gasteiger partial charge < -0.3 is 5.73 Å². The van der Waals surface area contributed by atoms with E-state index in [1.54, 1.807) is 0 Å². The third-order valence-electron chi connectivity index (χ3n) is 3.36. The normalized spacial score (nSPS) is 17.3. The lowest BCUT2D eigenvalue weighted by Gasteiger charge is -2.00. The number of nitrogens with zero attached hydrogens (tertiary/aromatic N) is 3. The Bertz CT molecular complexity index is 497. The summed E-state index contributed by atoms with van der Waals surface area (Å²) in [4.78, 5) is 4.58. The number of fused-ring (bicyclic) bond motifs is 1. The van der Waals surface area contributed by atoms with Crippen LogP contribution in [0.15, 0.2) is 18.3 Å². The summed E-state index contributed by atoms with van der Waals surface area (Å²) in [5.41, 5.74) is 7.63. The van der Waals surface area contributed by atoms with E-state index in [0.29, 0.717) is 12.5 Å². The van der Waals surface area contributed by atoms with Crippen LogP contribution in [0.2, 0.25) is 0 Å². The molecule has 1 saturated carbocycles. The Kier molecular flexibility index (Phi) is 2.36. The molecule has 1 aliphatic carbocycles. The predicted octanol–water partition coefficient (Wildman–Crippen LogP) is 1.85. The summed E-state index contributed by atoms with van der Waals surface area (Å²) in [6.07, 6.45) is 7.07.